The van der Waals surface area contributed by atoms with Gasteiger partial charge in [-0.25, -0.2) is 9.98 Å². The summed E-state index contributed by atoms with van der Waals surface area (Å²) < 4.78 is 1.86. The van der Waals surface area contributed by atoms with Crippen molar-refractivity contribution >= 4 is 11.8 Å². The van der Waals surface area contributed by atoms with Crippen LogP contribution in [0.3, 0.4) is 0 Å². The normalized spacial score (nSPS) is 15.8. The van der Waals surface area contributed by atoms with Crippen molar-refractivity contribution in [2.45, 2.75) is 20.0 Å². The van der Waals surface area contributed by atoms with E-state index in [0.29, 0.717) is 13.1 Å². The molecule has 0 radical (unpaired) electrons. The van der Waals surface area contributed by atoms with E-state index >= 15 is 0 Å². The number of rotatable bonds is 6. The highest BCUT2D eigenvalue weighted by molar-refractivity contribution is 5.79. The van der Waals surface area contributed by atoms with Gasteiger partial charge in [0.2, 0.25) is 0 Å². The van der Waals surface area contributed by atoms with E-state index in [2.05, 4.69) is 50.6 Å². The van der Waals surface area contributed by atoms with Gasteiger partial charge in [-0.05, 0) is 26.1 Å². The van der Waals surface area contributed by atoms with Crippen LogP contribution in [-0.2, 0) is 20.1 Å². The standard InChI is InChI=1S/C19H30N8/c1-4-20-19(23-15-17-7-9-24-26(17)3)22-14-16-6-5-8-21-18(16)27-12-10-25(2)11-13-27/h5-9H,4,10-15H2,1-3H3,(H2,20,22,23). The van der Waals surface area contributed by atoms with E-state index in [9.17, 15) is 0 Å². The Bertz CT molecular complexity index is 746. The maximum atomic E-state index is 4.77. The SMILES string of the molecule is CCNC(=NCc1cccnc1N1CCN(C)CC1)NCc1ccnn1C. The first kappa shape index (κ1) is 19.2. The Morgan fingerprint density at radius 1 is 1.11 bits per heavy atom. The predicted octanol–water partition coefficient (Wildman–Crippen LogP) is 0.822. The van der Waals surface area contributed by atoms with Gasteiger partial charge < -0.3 is 20.4 Å². The molecule has 27 heavy (non-hydrogen) atoms. The van der Waals surface area contributed by atoms with Gasteiger partial charge in [-0.3, -0.25) is 4.68 Å². The average Bonchev–Trinajstić information content (AvgIpc) is 3.10. The van der Waals surface area contributed by atoms with Gasteiger partial charge in [0.15, 0.2) is 5.96 Å². The molecule has 2 aromatic rings. The minimum atomic E-state index is 0.593. The van der Waals surface area contributed by atoms with Crippen LogP contribution in [0, 0.1) is 0 Å². The van der Waals surface area contributed by atoms with E-state index in [4.69, 9.17) is 4.99 Å². The van der Waals surface area contributed by atoms with Crippen LogP contribution in [0.1, 0.15) is 18.2 Å². The van der Waals surface area contributed by atoms with Crippen molar-refractivity contribution < 1.29 is 0 Å². The molecule has 1 fully saturated rings. The first-order chi connectivity index (χ1) is 13.2. The van der Waals surface area contributed by atoms with Gasteiger partial charge in [-0.15, -0.1) is 0 Å². The Morgan fingerprint density at radius 2 is 1.93 bits per heavy atom. The fraction of sp³-hybridized carbons (Fsp3) is 0.526. The molecule has 0 aromatic carbocycles. The number of hydrogen-bond acceptors (Lipinski definition) is 5. The monoisotopic (exact) mass is 370 g/mol. The summed E-state index contributed by atoms with van der Waals surface area (Å²) in [5.74, 6) is 1.85. The molecule has 0 amide bonds. The Kier molecular flexibility index (Phi) is 6.64. The molecule has 3 heterocycles. The van der Waals surface area contributed by atoms with Crippen LogP contribution in [0.25, 0.3) is 0 Å². The number of hydrogen-bond donors (Lipinski definition) is 2. The zero-order chi connectivity index (χ0) is 19.1. The van der Waals surface area contributed by atoms with Crippen LogP contribution in [0.5, 0.6) is 0 Å². The van der Waals surface area contributed by atoms with Crippen LogP contribution in [0.15, 0.2) is 35.6 Å². The number of nitrogens with zero attached hydrogens (tertiary/aromatic N) is 6. The Labute approximate surface area is 161 Å². The molecular weight excluding hydrogens is 340 g/mol. The first-order valence-electron chi connectivity index (χ1n) is 9.54. The Hall–Kier alpha value is -2.61. The summed E-state index contributed by atoms with van der Waals surface area (Å²) in [5.41, 5.74) is 2.26. The quantitative estimate of drug-likeness (QED) is 0.579. The lowest BCUT2D eigenvalue weighted by Crippen LogP contribution is -2.45. The number of guanidine groups is 1. The van der Waals surface area contributed by atoms with E-state index in [0.717, 1.165) is 55.8 Å². The molecule has 2 aromatic heterocycles. The molecule has 1 saturated heterocycles. The third-order valence-electron chi connectivity index (χ3n) is 4.78. The largest absolute Gasteiger partial charge is 0.357 e. The van der Waals surface area contributed by atoms with Gasteiger partial charge in [0.25, 0.3) is 0 Å². The second-order valence-corrected chi connectivity index (χ2v) is 6.77. The zero-order valence-electron chi connectivity index (χ0n) is 16.5. The predicted molar refractivity (Wildman–Crippen MR) is 109 cm³/mol. The molecule has 1 aliphatic heterocycles. The molecule has 0 unspecified atom stereocenters. The topological polar surface area (TPSA) is 73.6 Å². The number of likely N-dealkylation sites (N-methyl/N-ethyl adjacent to an activating group) is 1. The first-order valence-corrected chi connectivity index (χ1v) is 9.54. The summed E-state index contributed by atoms with van der Waals surface area (Å²) >= 11 is 0. The van der Waals surface area contributed by atoms with Crippen molar-refractivity contribution in [2.24, 2.45) is 12.0 Å². The molecule has 2 N–H and O–H groups in total. The van der Waals surface area contributed by atoms with E-state index < -0.39 is 0 Å². The summed E-state index contributed by atoms with van der Waals surface area (Å²) in [7, 11) is 4.11. The lowest BCUT2D eigenvalue weighted by molar-refractivity contribution is 0.312. The number of piperazine rings is 1. The lowest BCUT2D eigenvalue weighted by Gasteiger charge is -2.34. The molecule has 0 saturated carbocycles. The summed E-state index contributed by atoms with van der Waals surface area (Å²) in [6.07, 6.45) is 3.67. The molecule has 8 nitrogen and oxygen atoms in total. The molecule has 0 spiro atoms. The van der Waals surface area contributed by atoms with Gasteiger partial charge in [0.05, 0.1) is 18.8 Å². The van der Waals surface area contributed by atoms with Gasteiger partial charge in [0.1, 0.15) is 5.82 Å². The molecular formula is C19H30N8. The molecule has 0 bridgehead atoms. The Balaban J connectivity index is 1.67. The highest BCUT2D eigenvalue weighted by atomic mass is 15.3. The maximum Gasteiger partial charge on any atom is 0.191 e. The average molecular weight is 371 g/mol. The number of aryl methyl sites for hydroxylation is 1. The molecule has 3 rings (SSSR count). The molecule has 1 aliphatic rings. The van der Waals surface area contributed by atoms with Crippen molar-refractivity contribution in [2.75, 3.05) is 44.7 Å². The number of aromatic nitrogens is 3. The van der Waals surface area contributed by atoms with Crippen LogP contribution in [0.2, 0.25) is 0 Å². The number of aliphatic imine (C=N–C) groups is 1. The van der Waals surface area contributed by atoms with Crippen molar-refractivity contribution in [1.82, 2.24) is 30.3 Å². The van der Waals surface area contributed by atoms with Crippen molar-refractivity contribution in [3.63, 3.8) is 0 Å². The summed E-state index contributed by atoms with van der Waals surface area (Å²) in [5, 5.41) is 10.9. The van der Waals surface area contributed by atoms with Crippen LogP contribution in [-0.4, -0.2) is 65.4 Å². The molecule has 146 valence electrons. The lowest BCUT2D eigenvalue weighted by atomic mass is 10.2. The summed E-state index contributed by atoms with van der Waals surface area (Å²) in [4.78, 5) is 14.1. The highest BCUT2D eigenvalue weighted by Gasteiger charge is 2.17. The highest BCUT2D eigenvalue weighted by Crippen LogP contribution is 2.19. The van der Waals surface area contributed by atoms with E-state index in [1.54, 1.807) is 6.20 Å². The van der Waals surface area contributed by atoms with Crippen molar-refractivity contribution in [3.8, 4) is 0 Å². The maximum absolute atomic E-state index is 4.77. The van der Waals surface area contributed by atoms with E-state index in [1.165, 1.54) is 0 Å². The van der Waals surface area contributed by atoms with Gasteiger partial charge >= 0.3 is 0 Å². The molecule has 0 aliphatic carbocycles. The molecule has 0 atom stereocenters. The third-order valence-corrected chi connectivity index (χ3v) is 4.78. The van der Waals surface area contributed by atoms with Crippen molar-refractivity contribution in [3.05, 3.63) is 41.9 Å². The van der Waals surface area contributed by atoms with E-state index in [1.807, 2.05) is 30.1 Å². The van der Waals surface area contributed by atoms with Gasteiger partial charge in [-0.2, -0.15) is 5.10 Å². The van der Waals surface area contributed by atoms with Gasteiger partial charge in [-0.1, -0.05) is 6.07 Å². The minimum Gasteiger partial charge on any atom is -0.357 e. The zero-order valence-corrected chi connectivity index (χ0v) is 16.5. The summed E-state index contributed by atoms with van der Waals surface area (Å²) in [6, 6.07) is 6.11. The number of pyridine rings is 1. The third kappa shape index (κ3) is 5.19. The molecule has 8 heteroatoms. The Morgan fingerprint density at radius 3 is 2.63 bits per heavy atom. The smallest absolute Gasteiger partial charge is 0.191 e. The minimum absolute atomic E-state index is 0.593. The number of anilines is 1. The fourth-order valence-electron chi connectivity index (χ4n) is 3.11. The van der Waals surface area contributed by atoms with Crippen LogP contribution >= 0.6 is 0 Å². The second-order valence-electron chi connectivity index (χ2n) is 6.77. The summed E-state index contributed by atoms with van der Waals surface area (Å²) in [6.45, 7) is 8.29. The fourth-order valence-corrected chi connectivity index (χ4v) is 3.11. The number of nitrogens with one attached hydrogen (secondary N) is 2. The second kappa shape index (κ2) is 9.36. The van der Waals surface area contributed by atoms with Crippen LogP contribution in [0.4, 0.5) is 5.82 Å². The van der Waals surface area contributed by atoms with Gasteiger partial charge in [0, 0.05) is 57.7 Å². The van der Waals surface area contributed by atoms with Crippen LogP contribution < -0.4 is 15.5 Å². The van der Waals surface area contributed by atoms with E-state index in [-0.39, 0.29) is 0 Å². The van der Waals surface area contributed by atoms with Crippen molar-refractivity contribution in [1.29, 1.82) is 0 Å².